The number of hydrogen-bond donors (Lipinski definition) is 2. The molecule has 1 aromatic heterocycles. The normalized spacial score (nSPS) is 16.3. The second-order valence-electron chi connectivity index (χ2n) is 6.00. The van der Waals surface area contributed by atoms with Crippen LogP contribution in [0.3, 0.4) is 0 Å². The molecule has 23 heavy (non-hydrogen) atoms. The molecule has 0 saturated heterocycles. The van der Waals surface area contributed by atoms with E-state index in [-0.39, 0.29) is 17.9 Å². The van der Waals surface area contributed by atoms with E-state index in [9.17, 15) is 9.18 Å². The number of anilines is 1. The monoisotopic (exact) mass is 317 g/mol. The topological polar surface area (TPSA) is 67.2 Å². The standard InChI is InChI=1S/C17H20FN3O2/c1-11-10-15(21-23-11)19-17(22)20-16(12-4-2-3-5-12)13-6-8-14(18)9-7-13/h6-10,12,16H,2-5H2,1H3,(H2,19,20,21,22)/t16-/m0/s1. The number of rotatable bonds is 4. The summed E-state index contributed by atoms with van der Waals surface area (Å²) in [4.78, 5) is 12.3. The van der Waals surface area contributed by atoms with Gasteiger partial charge in [-0.25, -0.2) is 9.18 Å². The summed E-state index contributed by atoms with van der Waals surface area (Å²) in [5.74, 6) is 1.10. The number of nitrogens with zero attached hydrogens (tertiary/aromatic N) is 1. The van der Waals surface area contributed by atoms with Crippen LogP contribution in [0.25, 0.3) is 0 Å². The summed E-state index contributed by atoms with van der Waals surface area (Å²) in [7, 11) is 0. The zero-order valence-electron chi connectivity index (χ0n) is 13.0. The quantitative estimate of drug-likeness (QED) is 0.889. The SMILES string of the molecule is Cc1cc(NC(=O)N[C@H](c2ccc(F)cc2)C2CCCC2)no1. The molecule has 1 aromatic carbocycles. The zero-order chi connectivity index (χ0) is 16.2. The molecule has 0 unspecified atom stereocenters. The van der Waals surface area contributed by atoms with Crippen molar-refractivity contribution in [3.63, 3.8) is 0 Å². The van der Waals surface area contributed by atoms with Crippen molar-refractivity contribution in [1.82, 2.24) is 10.5 Å². The highest BCUT2D eigenvalue weighted by Gasteiger charge is 2.28. The molecule has 2 amide bonds. The Morgan fingerprint density at radius 3 is 2.61 bits per heavy atom. The van der Waals surface area contributed by atoms with Crippen LogP contribution in [0.15, 0.2) is 34.9 Å². The summed E-state index contributed by atoms with van der Waals surface area (Å²) in [5.41, 5.74) is 0.921. The van der Waals surface area contributed by atoms with Crippen LogP contribution in [0.2, 0.25) is 0 Å². The van der Waals surface area contributed by atoms with Crippen molar-refractivity contribution in [2.75, 3.05) is 5.32 Å². The fourth-order valence-corrected chi connectivity index (χ4v) is 3.15. The van der Waals surface area contributed by atoms with Gasteiger partial charge in [-0.2, -0.15) is 0 Å². The third-order valence-electron chi connectivity index (χ3n) is 4.26. The molecule has 0 bridgehead atoms. The van der Waals surface area contributed by atoms with E-state index in [0.717, 1.165) is 31.2 Å². The Balaban J connectivity index is 1.72. The highest BCUT2D eigenvalue weighted by atomic mass is 19.1. The minimum absolute atomic E-state index is 0.133. The van der Waals surface area contributed by atoms with Crippen molar-refractivity contribution in [3.8, 4) is 0 Å². The van der Waals surface area contributed by atoms with Crippen molar-refractivity contribution >= 4 is 11.8 Å². The van der Waals surface area contributed by atoms with E-state index in [1.54, 1.807) is 25.1 Å². The number of nitrogens with one attached hydrogen (secondary N) is 2. The van der Waals surface area contributed by atoms with Crippen LogP contribution in [0.5, 0.6) is 0 Å². The molecule has 2 aromatic rings. The Morgan fingerprint density at radius 2 is 2.00 bits per heavy atom. The molecule has 1 saturated carbocycles. The van der Waals surface area contributed by atoms with Gasteiger partial charge in [-0.3, -0.25) is 5.32 Å². The number of hydrogen-bond acceptors (Lipinski definition) is 3. The number of benzene rings is 1. The summed E-state index contributed by atoms with van der Waals surface area (Å²) in [6.45, 7) is 1.76. The summed E-state index contributed by atoms with van der Waals surface area (Å²) < 4.78 is 18.1. The molecule has 0 aliphatic heterocycles. The largest absolute Gasteiger partial charge is 0.360 e. The minimum Gasteiger partial charge on any atom is -0.360 e. The predicted molar refractivity (Wildman–Crippen MR) is 84.5 cm³/mol. The third-order valence-corrected chi connectivity index (χ3v) is 4.26. The van der Waals surface area contributed by atoms with E-state index in [4.69, 9.17) is 4.52 Å². The van der Waals surface area contributed by atoms with Crippen LogP contribution >= 0.6 is 0 Å². The Hall–Kier alpha value is -2.37. The first kappa shape index (κ1) is 15.5. The molecule has 0 spiro atoms. The van der Waals surface area contributed by atoms with E-state index in [0.29, 0.717) is 17.5 Å². The smallest absolute Gasteiger partial charge is 0.320 e. The van der Waals surface area contributed by atoms with Gasteiger partial charge in [0.1, 0.15) is 11.6 Å². The molecule has 122 valence electrons. The summed E-state index contributed by atoms with van der Waals surface area (Å²) in [5, 5.41) is 9.42. The molecule has 1 atom stereocenters. The average Bonchev–Trinajstić information content (AvgIpc) is 3.18. The van der Waals surface area contributed by atoms with Gasteiger partial charge in [0.05, 0.1) is 6.04 Å². The highest BCUT2D eigenvalue weighted by Crippen LogP contribution is 2.35. The van der Waals surface area contributed by atoms with Gasteiger partial charge < -0.3 is 9.84 Å². The van der Waals surface area contributed by atoms with Crippen molar-refractivity contribution in [3.05, 3.63) is 47.5 Å². The predicted octanol–water partition coefficient (Wildman–Crippen LogP) is 4.18. The molecule has 1 fully saturated rings. The lowest BCUT2D eigenvalue weighted by atomic mass is 9.92. The first-order valence-corrected chi connectivity index (χ1v) is 7.88. The van der Waals surface area contributed by atoms with E-state index in [1.165, 1.54) is 12.1 Å². The molecule has 0 radical (unpaired) electrons. The van der Waals surface area contributed by atoms with Gasteiger partial charge in [0.2, 0.25) is 0 Å². The fourth-order valence-electron chi connectivity index (χ4n) is 3.15. The molecular weight excluding hydrogens is 297 g/mol. The van der Waals surface area contributed by atoms with Gasteiger partial charge in [0.25, 0.3) is 0 Å². The molecule has 1 aliphatic carbocycles. The summed E-state index contributed by atoms with van der Waals surface area (Å²) in [6, 6.07) is 7.51. The Morgan fingerprint density at radius 1 is 1.30 bits per heavy atom. The maximum Gasteiger partial charge on any atom is 0.320 e. The summed E-state index contributed by atoms with van der Waals surface area (Å²) in [6.07, 6.45) is 4.44. The van der Waals surface area contributed by atoms with E-state index in [2.05, 4.69) is 15.8 Å². The molecule has 5 nitrogen and oxygen atoms in total. The number of aryl methyl sites for hydroxylation is 1. The minimum atomic E-state index is -0.334. The Labute approximate surface area is 134 Å². The number of carbonyl (C=O) groups is 1. The number of amides is 2. The fraction of sp³-hybridized carbons (Fsp3) is 0.412. The maximum absolute atomic E-state index is 13.2. The first-order chi connectivity index (χ1) is 11.1. The second-order valence-corrected chi connectivity index (χ2v) is 6.00. The second kappa shape index (κ2) is 6.81. The Bertz CT molecular complexity index is 663. The third kappa shape index (κ3) is 3.88. The van der Waals surface area contributed by atoms with Crippen LogP contribution in [-0.4, -0.2) is 11.2 Å². The van der Waals surface area contributed by atoms with E-state index in [1.807, 2.05) is 0 Å². The van der Waals surface area contributed by atoms with E-state index >= 15 is 0 Å². The van der Waals surface area contributed by atoms with Crippen LogP contribution in [0.4, 0.5) is 15.0 Å². The van der Waals surface area contributed by atoms with Gasteiger partial charge in [-0.1, -0.05) is 30.1 Å². The van der Waals surface area contributed by atoms with Gasteiger partial charge >= 0.3 is 6.03 Å². The van der Waals surface area contributed by atoms with Crippen LogP contribution in [0, 0.1) is 18.7 Å². The molecule has 2 N–H and O–H groups in total. The number of halogens is 1. The van der Waals surface area contributed by atoms with Gasteiger partial charge in [0.15, 0.2) is 5.82 Å². The molecule has 1 aliphatic rings. The average molecular weight is 317 g/mol. The molecular formula is C17H20FN3O2. The number of carbonyl (C=O) groups excluding carboxylic acids is 1. The number of urea groups is 1. The van der Waals surface area contributed by atoms with Crippen molar-refractivity contribution in [2.24, 2.45) is 5.92 Å². The Kier molecular flexibility index (Phi) is 4.60. The van der Waals surface area contributed by atoms with Crippen molar-refractivity contribution < 1.29 is 13.7 Å². The van der Waals surface area contributed by atoms with Crippen LogP contribution < -0.4 is 10.6 Å². The molecule has 6 heteroatoms. The van der Waals surface area contributed by atoms with E-state index < -0.39 is 0 Å². The number of aromatic nitrogens is 1. The van der Waals surface area contributed by atoms with Crippen molar-refractivity contribution in [1.29, 1.82) is 0 Å². The molecule has 3 rings (SSSR count). The lowest BCUT2D eigenvalue weighted by Crippen LogP contribution is -2.36. The molecule has 1 heterocycles. The van der Waals surface area contributed by atoms with Gasteiger partial charge in [-0.05, 0) is 43.4 Å². The van der Waals surface area contributed by atoms with Gasteiger partial charge in [-0.15, -0.1) is 0 Å². The maximum atomic E-state index is 13.2. The van der Waals surface area contributed by atoms with Crippen LogP contribution in [-0.2, 0) is 0 Å². The summed E-state index contributed by atoms with van der Waals surface area (Å²) >= 11 is 0. The zero-order valence-corrected chi connectivity index (χ0v) is 13.0. The van der Waals surface area contributed by atoms with Gasteiger partial charge in [0, 0.05) is 6.07 Å². The highest BCUT2D eigenvalue weighted by molar-refractivity contribution is 5.88. The lowest BCUT2D eigenvalue weighted by Gasteiger charge is -2.25. The first-order valence-electron chi connectivity index (χ1n) is 7.88. The van der Waals surface area contributed by atoms with Crippen LogP contribution in [0.1, 0.15) is 43.0 Å². The lowest BCUT2D eigenvalue weighted by molar-refractivity contribution is 0.242. The van der Waals surface area contributed by atoms with Crippen molar-refractivity contribution in [2.45, 2.75) is 38.6 Å².